The zero-order chi connectivity index (χ0) is 13.5. The fourth-order valence-electron chi connectivity index (χ4n) is 2.18. The van der Waals surface area contributed by atoms with Gasteiger partial charge in [-0.25, -0.2) is 4.98 Å². The molecule has 3 rings (SSSR count). The molecule has 0 unspecified atom stereocenters. The summed E-state index contributed by atoms with van der Waals surface area (Å²) in [6, 6.07) is 1.54. The van der Waals surface area contributed by atoms with Crippen LogP contribution in [0.4, 0.5) is 0 Å². The minimum atomic E-state index is -3.74. The Kier molecular flexibility index (Phi) is 2.83. The molecule has 0 bridgehead atoms. The molecule has 7 heteroatoms. The van der Waals surface area contributed by atoms with Crippen LogP contribution in [-0.4, -0.2) is 38.4 Å². The molecule has 102 valence electrons. The van der Waals surface area contributed by atoms with E-state index >= 15 is 0 Å². The van der Waals surface area contributed by atoms with Crippen molar-refractivity contribution in [1.29, 1.82) is 0 Å². The summed E-state index contributed by atoms with van der Waals surface area (Å²) in [5.74, 6) is 0.130. The van der Waals surface area contributed by atoms with Gasteiger partial charge < -0.3 is 9.47 Å². The molecular formula is C12H14N2O4S. The highest BCUT2D eigenvalue weighted by atomic mass is 32.2. The van der Waals surface area contributed by atoms with E-state index in [-0.39, 0.29) is 10.8 Å². The normalized spacial score (nSPS) is 23.4. The maximum absolute atomic E-state index is 12.1. The summed E-state index contributed by atoms with van der Waals surface area (Å²) >= 11 is 0. The van der Waals surface area contributed by atoms with E-state index in [1.54, 1.807) is 13.1 Å². The highest BCUT2D eigenvalue weighted by Gasteiger charge is 2.38. The van der Waals surface area contributed by atoms with Crippen LogP contribution in [0.15, 0.2) is 21.6 Å². The highest BCUT2D eigenvalue weighted by Crippen LogP contribution is 2.33. The minimum Gasteiger partial charge on any atom is -0.464 e. The molecule has 19 heavy (non-hydrogen) atoms. The van der Waals surface area contributed by atoms with E-state index in [4.69, 9.17) is 9.47 Å². The van der Waals surface area contributed by atoms with Crippen molar-refractivity contribution in [2.75, 3.05) is 13.2 Å². The second-order valence-corrected chi connectivity index (χ2v) is 6.41. The average molecular weight is 282 g/mol. The number of hydrogen-bond donors (Lipinski definition) is 0. The molecule has 1 aromatic heterocycles. The van der Waals surface area contributed by atoms with Gasteiger partial charge in [0, 0.05) is 19.0 Å². The smallest absolute Gasteiger partial charge is 0.287 e. The quantitative estimate of drug-likeness (QED) is 0.712. The maximum Gasteiger partial charge on any atom is 0.287 e. The second-order valence-electron chi connectivity index (χ2n) is 4.80. The van der Waals surface area contributed by atoms with Crippen molar-refractivity contribution in [2.45, 2.75) is 30.3 Å². The number of sulfonamides is 1. The summed E-state index contributed by atoms with van der Waals surface area (Å²) < 4.78 is 39.1. The third-order valence-corrected chi connectivity index (χ3v) is 4.53. The van der Waals surface area contributed by atoms with Gasteiger partial charge in [0.05, 0.1) is 19.4 Å². The van der Waals surface area contributed by atoms with Crippen molar-refractivity contribution in [3.8, 4) is 5.88 Å². The standard InChI is InChI=1S/C12H14N2O4S/c1-9-6-10-11(13-7-9)18-12(2-4-17-5-3-12)8-14-19(10,15)16/h6-8H,2-5H2,1H3. The van der Waals surface area contributed by atoms with Gasteiger partial charge >= 0.3 is 0 Å². The van der Waals surface area contributed by atoms with E-state index in [1.165, 1.54) is 12.3 Å². The molecule has 0 amide bonds. The topological polar surface area (TPSA) is 77.9 Å². The van der Waals surface area contributed by atoms with Crippen LogP contribution < -0.4 is 4.74 Å². The lowest BCUT2D eigenvalue weighted by atomic mass is 9.95. The summed E-state index contributed by atoms with van der Waals surface area (Å²) in [5.41, 5.74) is 0.0304. The van der Waals surface area contributed by atoms with Gasteiger partial charge in [-0.05, 0) is 18.6 Å². The lowest BCUT2D eigenvalue weighted by Crippen LogP contribution is -2.43. The van der Waals surface area contributed by atoms with E-state index in [9.17, 15) is 8.42 Å². The molecule has 2 aliphatic heterocycles. The number of rotatable bonds is 0. The predicted octanol–water partition coefficient (Wildman–Crippen LogP) is 1.09. The lowest BCUT2D eigenvalue weighted by molar-refractivity contribution is -0.00584. The number of fused-ring (bicyclic) bond motifs is 1. The zero-order valence-corrected chi connectivity index (χ0v) is 11.3. The Hall–Kier alpha value is -1.47. The molecule has 1 fully saturated rings. The van der Waals surface area contributed by atoms with E-state index < -0.39 is 15.6 Å². The number of hydrogen-bond acceptors (Lipinski definition) is 5. The molecule has 0 radical (unpaired) electrons. The molecule has 1 aromatic rings. The van der Waals surface area contributed by atoms with Gasteiger partial charge in [0.1, 0.15) is 0 Å². The molecule has 0 aromatic carbocycles. The monoisotopic (exact) mass is 282 g/mol. The Morgan fingerprint density at radius 3 is 2.79 bits per heavy atom. The van der Waals surface area contributed by atoms with Crippen LogP contribution in [0.2, 0.25) is 0 Å². The summed E-state index contributed by atoms with van der Waals surface area (Å²) in [7, 11) is -3.74. The molecular weight excluding hydrogens is 268 g/mol. The van der Waals surface area contributed by atoms with Crippen molar-refractivity contribution in [3.63, 3.8) is 0 Å². The Morgan fingerprint density at radius 2 is 2.05 bits per heavy atom. The first-order valence-corrected chi connectivity index (χ1v) is 7.50. The van der Waals surface area contributed by atoms with Crippen LogP contribution >= 0.6 is 0 Å². The van der Waals surface area contributed by atoms with Crippen LogP contribution in [0.3, 0.4) is 0 Å². The van der Waals surface area contributed by atoms with Gasteiger partial charge in [0.15, 0.2) is 10.5 Å². The van der Waals surface area contributed by atoms with Gasteiger partial charge in [-0.1, -0.05) is 0 Å². The van der Waals surface area contributed by atoms with E-state index in [0.717, 1.165) is 5.56 Å². The van der Waals surface area contributed by atoms with E-state index in [2.05, 4.69) is 9.38 Å². The van der Waals surface area contributed by atoms with Crippen LogP contribution in [-0.2, 0) is 14.8 Å². The first kappa shape index (κ1) is 12.6. The first-order chi connectivity index (χ1) is 9.01. The Bertz CT molecular complexity index is 633. The summed E-state index contributed by atoms with van der Waals surface area (Å²) in [4.78, 5) is 4.14. The van der Waals surface area contributed by atoms with Gasteiger partial charge in [-0.15, -0.1) is 0 Å². The van der Waals surface area contributed by atoms with Crippen LogP contribution in [0, 0.1) is 6.92 Å². The van der Waals surface area contributed by atoms with Gasteiger partial charge in [-0.2, -0.15) is 12.8 Å². The molecule has 2 aliphatic rings. The molecule has 6 nitrogen and oxygen atoms in total. The molecule has 1 saturated heterocycles. The van der Waals surface area contributed by atoms with E-state index in [0.29, 0.717) is 26.1 Å². The number of aryl methyl sites for hydroxylation is 1. The molecule has 3 heterocycles. The molecule has 1 spiro atoms. The van der Waals surface area contributed by atoms with Crippen LogP contribution in [0.25, 0.3) is 0 Å². The molecule has 0 atom stereocenters. The van der Waals surface area contributed by atoms with E-state index in [1.807, 2.05) is 0 Å². The van der Waals surface area contributed by atoms with Gasteiger partial charge in [-0.3, -0.25) is 0 Å². The average Bonchev–Trinajstić information content (AvgIpc) is 2.49. The number of aromatic nitrogens is 1. The first-order valence-electron chi connectivity index (χ1n) is 6.06. The summed E-state index contributed by atoms with van der Waals surface area (Å²) in [5, 5.41) is 0. The number of pyridine rings is 1. The van der Waals surface area contributed by atoms with Crippen molar-refractivity contribution in [3.05, 3.63) is 17.8 Å². The van der Waals surface area contributed by atoms with Gasteiger partial charge in [0.2, 0.25) is 5.88 Å². The minimum absolute atomic E-state index is 0.0344. The number of ether oxygens (including phenoxy) is 2. The fraction of sp³-hybridized carbons (Fsp3) is 0.500. The Balaban J connectivity index is 2.13. The number of nitrogens with zero attached hydrogens (tertiary/aromatic N) is 2. The van der Waals surface area contributed by atoms with Crippen molar-refractivity contribution < 1.29 is 17.9 Å². The third-order valence-electron chi connectivity index (χ3n) is 3.30. The molecule has 0 saturated carbocycles. The van der Waals surface area contributed by atoms with Crippen molar-refractivity contribution in [1.82, 2.24) is 4.98 Å². The fourth-order valence-corrected chi connectivity index (χ4v) is 3.27. The lowest BCUT2D eigenvalue weighted by Gasteiger charge is -2.32. The van der Waals surface area contributed by atoms with Crippen LogP contribution in [0.5, 0.6) is 5.88 Å². The van der Waals surface area contributed by atoms with Gasteiger partial charge in [0.25, 0.3) is 10.0 Å². The maximum atomic E-state index is 12.1. The summed E-state index contributed by atoms with van der Waals surface area (Å²) in [6.45, 7) is 2.82. The van der Waals surface area contributed by atoms with Crippen LogP contribution in [0.1, 0.15) is 18.4 Å². The van der Waals surface area contributed by atoms with Crippen molar-refractivity contribution in [2.24, 2.45) is 4.40 Å². The molecule has 0 aliphatic carbocycles. The highest BCUT2D eigenvalue weighted by molar-refractivity contribution is 7.90. The zero-order valence-electron chi connectivity index (χ0n) is 10.5. The molecule has 0 N–H and O–H groups in total. The summed E-state index contributed by atoms with van der Waals surface area (Å²) in [6.07, 6.45) is 4.12. The Labute approximate surface area is 111 Å². The van der Waals surface area contributed by atoms with Crippen molar-refractivity contribution >= 4 is 16.2 Å². The predicted molar refractivity (Wildman–Crippen MR) is 68.1 cm³/mol. The largest absolute Gasteiger partial charge is 0.464 e. The second kappa shape index (κ2) is 4.28. The third kappa shape index (κ3) is 2.23. The Morgan fingerprint density at radius 1 is 1.32 bits per heavy atom. The SMILES string of the molecule is Cc1cnc2c(c1)S(=O)(=O)N=CC1(CCOCC1)O2.